The average molecular weight is 302 g/mol. The Morgan fingerprint density at radius 3 is 2.86 bits per heavy atom. The quantitative estimate of drug-likeness (QED) is 0.350. The zero-order valence-electron chi connectivity index (χ0n) is 13.3. The molecule has 120 valence electrons. The van der Waals surface area contributed by atoms with Crippen LogP contribution in [0, 0.1) is 0 Å². The second kappa shape index (κ2) is 9.07. The highest BCUT2D eigenvalue weighted by Crippen LogP contribution is 2.08. The molecule has 0 unspecified atom stereocenters. The number of rotatable bonds is 7. The molecule has 0 atom stereocenters. The lowest BCUT2D eigenvalue weighted by Gasteiger charge is -2.16. The maximum atomic E-state index is 11.6. The van der Waals surface area contributed by atoms with Gasteiger partial charge < -0.3 is 15.2 Å². The molecule has 2 N–H and O–H groups in total. The number of aromatic nitrogens is 1. The van der Waals surface area contributed by atoms with Gasteiger partial charge in [-0.1, -0.05) is 18.2 Å². The molecule has 1 aliphatic rings. The lowest BCUT2D eigenvalue weighted by atomic mass is 10.2. The number of guanidine groups is 1. The van der Waals surface area contributed by atoms with Crippen molar-refractivity contribution < 1.29 is 0 Å². The summed E-state index contributed by atoms with van der Waals surface area (Å²) in [6.45, 7) is 4.47. The Bertz CT molecular complexity index is 554. The van der Waals surface area contributed by atoms with Crippen molar-refractivity contribution in [1.82, 2.24) is 15.2 Å². The van der Waals surface area contributed by atoms with Gasteiger partial charge in [-0.25, -0.2) is 0 Å². The van der Waals surface area contributed by atoms with Gasteiger partial charge in [0.05, 0.1) is 0 Å². The van der Waals surface area contributed by atoms with Crippen LogP contribution in [0.15, 0.2) is 46.3 Å². The van der Waals surface area contributed by atoms with Crippen LogP contribution in [-0.4, -0.2) is 29.7 Å². The molecule has 0 amide bonds. The number of pyridine rings is 1. The van der Waals surface area contributed by atoms with E-state index >= 15 is 0 Å². The number of aryl methyl sites for hydroxylation is 1. The minimum atomic E-state index is 0.0646. The predicted octanol–water partition coefficient (Wildman–Crippen LogP) is 1.90. The van der Waals surface area contributed by atoms with Crippen molar-refractivity contribution in [2.75, 3.05) is 13.1 Å². The molecule has 0 aromatic carbocycles. The number of hydrogen-bond acceptors (Lipinski definition) is 2. The van der Waals surface area contributed by atoms with E-state index in [0.29, 0.717) is 6.04 Å². The molecule has 0 saturated carbocycles. The van der Waals surface area contributed by atoms with Gasteiger partial charge in [-0.3, -0.25) is 9.79 Å². The van der Waals surface area contributed by atoms with Crippen molar-refractivity contribution in [3.8, 4) is 0 Å². The largest absolute Gasteiger partial charge is 0.357 e. The Morgan fingerprint density at radius 1 is 1.32 bits per heavy atom. The maximum Gasteiger partial charge on any atom is 0.250 e. The van der Waals surface area contributed by atoms with Crippen LogP contribution < -0.4 is 16.2 Å². The normalized spacial score (nSPS) is 15.2. The summed E-state index contributed by atoms with van der Waals surface area (Å²) in [5.74, 6) is 0.896. The molecule has 0 spiro atoms. The van der Waals surface area contributed by atoms with Gasteiger partial charge in [0.15, 0.2) is 5.96 Å². The topological polar surface area (TPSA) is 58.4 Å². The molecule has 1 aromatic heterocycles. The molecule has 1 aliphatic carbocycles. The standard InChI is InChI=1S/C17H26N4O/c1-2-18-17(20-15-9-3-4-10-15)19-12-6-8-14-21-13-7-5-11-16(21)22/h3-5,7,11,13,15H,2,6,8-10,12,14H2,1H3,(H2,18,19,20). The van der Waals surface area contributed by atoms with Gasteiger partial charge in [0.2, 0.25) is 5.56 Å². The van der Waals surface area contributed by atoms with Gasteiger partial charge in [-0.05, 0) is 38.7 Å². The fourth-order valence-corrected chi connectivity index (χ4v) is 2.48. The van der Waals surface area contributed by atoms with Crippen molar-refractivity contribution in [2.45, 2.75) is 45.2 Å². The van der Waals surface area contributed by atoms with Crippen LogP contribution in [-0.2, 0) is 6.54 Å². The number of nitrogens with zero attached hydrogens (tertiary/aromatic N) is 2. The highest BCUT2D eigenvalue weighted by Gasteiger charge is 2.11. The second-order valence-electron chi connectivity index (χ2n) is 5.48. The van der Waals surface area contributed by atoms with E-state index < -0.39 is 0 Å². The molecule has 1 aromatic rings. The van der Waals surface area contributed by atoms with Gasteiger partial charge in [0.25, 0.3) is 0 Å². The molecule has 5 heteroatoms. The molecule has 1 heterocycles. The summed E-state index contributed by atoms with van der Waals surface area (Å²) < 4.78 is 1.75. The van der Waals surface area contributed by atoms with Crippen LogP contribution in [0.4, 0.5) is 0 Å². The smallest absolute Gasteiger partial charge is 0.250 e. The lowest BCUT2D eigenvalue weighted by Crippen LogP contribution is -2.42. The Balaban J connectivity index is 1.71. The number of unbranched alkanes of at least 4 members (excludes halogenated alkanes) is 1. The first-order valence-corrected chi connectivity index (χ1v) is 8.15. The fraction of sp³-hybridized carbons (Fsp3) is 0.529. The molecular weight excluding hydrogens is 276 g/mol. The van der Waals surface area contributed by atoms with Gasteiger partial charge in [0.1, 0.15) is 0 Å². The van der Waals surface area contributed by atoms with Crippen molar-refractivity contribution in [3.63, 3.8) is 0 Å². The minimum Gasteiger partial charge on any atom is -0.357 e. The first kappa shape index (κ1) is 16.3. The summed E-state index contributed by atoms with van der Waals surface area (Å²) in [6.07, 6.45) is 10.3. The highest BCUT2D eigenvalue weighted by atomic mass is 16.1. The van der Waals surface area contributed by atoms with Gasteiger partial charge in [-0.15, -0.1) is 0 Å². The van der Waals surface area contributed by atoms with E-state index in [1.165, 1.54) is 0 Å². The van der Waals surface area contributed by atoms with E-state index in [-0.39, 0.29) is 5.56 Å². The maximum absolute atomic E-state index is 11.6. The second-order valence-corrected chi connectivity index (χ2v) is 5.48. The Hall–Kier alpha value is -2.04. The average Bonchev–Trinajstić information content (AvgIpc) is 3.02. The molecular formula is C17H26N4O. The lowest BCUT2D eigenvalue weighted by molar-refractivity contribution is 0.594. The van der Waals surface area contributed by atoms with E-state index in [4.69, 9.17) is 0 Å². The summed E-state index contributed by atoms with van der Waals surface area (Å²) in [7, 11) is 0. The monoisotopic (exact) mass is 302 g/mol. The molecule has 5 nitrogen and oxygen atoms in total. The van der Waals surface area contributed by atoms with E-state index in [2.05, 4.69) is 34.7 Å². The zero-order valence-corrected chi connectivity index (χ0v) is 13.3. The Morgan fingerprint density at radius 2 is 2.14 bits per heavy atom. The molecule has 0 fully saturated rings. The molecule has 22 heavy (non-hydrogen) atoms. The van der Waals surface area contributed by atoms with Crippen molar-refractivity contribution in [3.05, 3.63) is 46.9 Å². The van der Waals surface area contributed by atoms with Crippen molar-refractivity contribution >= 4 is 5.96 Å². The third-order valence-corrected chi connectivity index (χ3v) is 3.67. The van der Waals surface area contributed by atoms with Crippen LogP contribution in [0.1, 0.15) is 32.6 Å². The van der Waals surface area contributed by atoms with Crippen LogP contribution in [0.25, 0.3) is 0 Å². The van der Waals surface area contributed by atoms with Crippen molar-refractivity contribution in [1.29, 1.82) is 0 Å². The molecule has 0 aliphatic heterocycles. The van der Waals surface area contributed by atoms with E-state index in [1.807, 2.05) is 12.3 Å². The minimum absolute atomic E-state index is 0.0646. The van der Waals surface area contributed by atoms with E-state index in [0.717, 1.165) is 51.3 Å². The van der Waals surface area contributed by atoms with E-state index in [9.17, 15) is 4.79 Å². The molecule has 0 bridgehead atoms. The van der Waals surface area contributed by atoms with Gasteiger partial charge in [0, 0.05) is 37.9 Å². The summed E-state index contributed by atoms with van der Waals surface area (Å²) in [4.78, 5) is 16.2. The third-order valence-electron chi connectivity index (χ3n) is 3.67. The fourth-order valence-electron chi connectivity index (χ4n) is 2.48. The number of nitrogens with one attached hydrogen (secondary N) is 2. The summed E-state index contributed by atoms with van der Waals surface area (Å²) in [5.41, 5.74) is 0.0646. The van der Waals surface area contributed by atoms with Gasteiger partial charge in [-0.2, -0.15) is 0 Å². The molecule has 0 radical (unpaired) electrons. The van der Waals surface area contributed by atoms with Crippen LogP contribution in [0.2, 0.25) is 0 Å². The summed E-state index contributed by atoms with van der Waals surface area (Å²) in [6, 6.07) is 5.74. The summed E-state index contributed by atoms with van der Waals surface area (Å²) >= 11 is 0. The number of aliphatic imine (C=N–C) groups is 1. The zero-order chi connectivity index (χ0) is 15.6. The van der Waals surface area contributed by atoms with Crippen LogP contribution >= 0.6 is 0 Å². The molecule has 2 rings (SSSR count). The van der Waals surface area contributed by atoms with Crippen LogP contribution in [0.5, 0.6) is 0 Å². The Labute approximate surface area is 132 Å². The first-order valence-electron chi connectivity index (χ1n) is 8.15. The highest BCUT2D eigenvalue weighted by molar-refractivity contribution is 5.80. The summed E-state index contributed by atoms with van der Waals surface area (Å²) in [5, 5.41) is 6.74. The third kappa shape index (κ3) is 5.39. The van der Waals surface area contributed by atoms with Gasteiger partial charge >= 0.3 is 0 Å². The van der Waals surface area contributed by atoms with Crippen LogP contribution in [0.3, 0.4) is 0 Å². The predicted molar refractivity (Wildman–Crippen MR) is 91.2 cm³/mol. The first-order chi connectivity index (χ1) is 10.8. The van der Waals surface area contributed by atoms with Crippen molar-refractivity contribution in [2.24, 2.45) is 4.99 Å². The SMILES string of the molecule is CCNC(=NCCCCn1ccccc1=O)NC1CC=CC1. The Kier molecular flexibility index (Phi) is 6.74. The molecule has 0 saturated heterocycles. The van der Waals surface area contributed by atoms with E-state index in [1.54, 1.807) is 16.7 Å². The number of hydrogen-bond donors (Lipinski definition) is 2.